The molecule has 4 rings (SSSR count). The van der Waals surface area contributed by atoms with E-state index in [-0.39, 0.29) is 19.4 Å². The second kappa shape index (κ2) is 15.6. The molecule has 0 bridgehead atoms. The fourth-order valence-corrected chi connectivity index (χ4v) is 5.89. The number of benzene rings is 3. The van der Waals surface area contributed by atoms with Crippen LogP contribution in [0.25, 0.3) is 0 Å². The SMILES string of the molecule is [B]c1ccc(CN(CCC[C@@](O)(Cc2ccccc2)C(=O)N[C@H]2c3ccccc3C[C@H]2O)NC(=O)[C@@H](NC(=O)OC)C(C)(C)C)cc1. The van der Waals surface area contributed by atoms with Gasteiger partial charge in [0, 0.05) is 25.9 Å². The van der Waals surface area contributed by atoms with Crippen molar-refractivity contribution in [1.82, 2.24) is 21.1 Å². The number of ether oxygens (including phenoxy) is 1. The van der Waals surface area contributed by atoms with Gasteiger partial charge < -0.3 is 25.6 Å². The van der Waals surface area contributed by atoms with E-state index in [9.17, 15) is 24.6 Å². The summed E-state index contributed by atoms with van der Waals surface area (Å²) < 4.78 is 4.75. The molecule has 0 spiro atoms. The Kier molecular flexibility index (Phi) is 11.8. The summed E-state index contributed by atoms with van der Waals surface area (Å²) >= 11 is 0. The Morgan fingerprint density at radius 3 is 2.30 bits per heavy atom. The molecular formula is C36H45BN4O6. The summed E-state index contributed by atoms with van der Waals surface area (Å²) in [5.41, 5.74) is 4.54. The summed E-state index contributed by atoms with van der Waals surface area (Å²) in [6.07, 6.45) is -0.674. The number of aliphatic hydroxyl groups is 2. The van der Waals surface area contributed by atoms with Crippen molar-refractivity contribution in [3.8, 4) is 0 Å². The van der Waals surface area contributed by atoms with Crippen LogP contribution in [0.3, 0.4) is 0 Å². The molecule has 248 valence electrons. The normalized spacial score (nSPS) is 17.7. The summed E-state index contributed by atoms with van der Waals surface area (Å²) in [5.74, 6) is -1.02. The fourth-order valence-electron chi connectivity index (χ4n) is 5.89. The molecule has 0 saturated carbocycles. The maximum absolute atomic E-state index is 13.9. The molecule has 10 nitrogen and oxygen atoms in total. The molecule has 0 fully saturated rings. The lowest BCUT2D eigenvalue weighted by Crippen LogP contribution is -2.57. The van der Waals surface area contributed by atoms with Gasteiger partial charge in [0.15, 0.2) is 0 Å². The van der Waals surface area contributed by atoms with E-state index in [1.54, 1.807) is 17.1 Å². The second-order valence-electron chi connectivity index (χ2n) is 13.3. The molecule has 3 aromatic rings. The van der Waals surface area contributed by atoms with E-state index in [0.717, 1.165) is 22.3 Å². The molecule has 0 aromatic heterocycles. The van der Waals surface area contributed by atoms with Crippen molar-refractivity contribution in [2.45, 2.75) is 76.8 Å². The Balaban J connectivity index is 1.53. The molecule has 11 heteroatoms. The number of hydrogen-bond acceptors (Lipinski definition) is 7. The van der Waals surface area contributed by atoms with Crippen LogP contribution in [0.2, 0.25) is 0 Å². The topological polar surface area (TPSA) is 140 Å². The second-order valence-corrected chi connectivity index (χ2v) is 13.3. The van der Waals surface area contributed by atoms with Crippen LogP contribution in [-0.4, -0.2) is 72.4 Å². The standard InChI is InChI=1S/C36H45BN4O6/c1-35(2,3)31(39-34(45)47-4)32(43)40-41(23-25-15-17-27(37)18-16-25)20-10-19-36(46,22-24-11-6-5-7-12-24)33(44)38-30-28-14-9-8-13-26(28)21-29(30)42/h5-9,11-18,29-31,42,46H,10,19-23H2,1-4H3,(H,38,44)(H,39,45)(H,40,43)/t29-,30+,31-,36-/m1/s1. The molecule has 2 radical (unpaired) electrons. The molecule has 4 atom stereocenters. The average Bonchev–Trinajstić information content (AvgIpc) is 3.34. The summed E-state index contributed by atoms with van der Waals surface area (Å²) in [7, 11) is 7.12. The van der Waals surface area contributed by atoms with Crippen LogP contribution < -0.4 is 21.5 Å². The van der Waals surface area contributed by atoms with Crippen LogP contribution in [-0.2, 0) is 33.7 Å². The van der Waals surface area contributed by atoms with Crippen molar-refractivity contribution in [2.75, 3.05) is 13.7 Å². The van der Waals surface area contributed by atoms with E-state index >= 15 is 0 Å². The predicted octanol–water partition coefficient (Wildman–Crippen LogP) is 2.61. The maximum Gasteiger partial charge on any atom is 0.407 e. The number of rotatable bonds is 13. The van der Waals surface area contributed by atoms with Gasteiger partial charge in [-0.05, 0) is 40.5 Å². The Labute approximate surface area is 278 Å². The third-order valence-electron chi connectivity index (χ3n) is 8.47. The number of alkyl carbamates (subject to hydrolysis) is 1. The minimum Gasteiger partial charge on any atom is -0.453 e. The van der Waals surface area contributed by atoms with Crippen LogP contribution >= 0.6 is 0 Å². The summed E-state index contributed by atoms with van der Waals surface area (Å²) in [6, 6.07) is 22.5. The first-order chi connectivity index (χ1) is 22.3. The average molecular weight is 641 g/mol. The Morgan fingerprint density at radius 1 is 0.979 bits per heavy atom. The number of aliphatic hydroxyl groups excluding tert-OH is 1. The van der Waals surface area contributed by atoms with Crippen LogP contribution in [0, 0.1) is 5.41 Å². The first-order valence-corrected chi connectivity index (χ1v) is 15.9. The fraction of sp³-hybridized carbons (Fsp3) is 0.417. The molecule has 0 unspecified atom stereocenters. The molecule has 1 aliphatic rings. The van der Waals surface area contributed by atoms with Gasteiger partial charge in [0.2, 0.25) is 0 Å². The van der Waals surface area contributed by atoms with Gasteiger partial charge >= 0.3 is 6.09 Å². The summed E-state index contributed by atoms with van der Waals surface area (Å²) in [5, 5.41) is 30.0. The van der Waals surface area contributed by atoms with Gasteiger partial charge in [0.1, 0.15) is 19.5 Å². The zero-order valence-electron chi connectivity index (χ0n) is 27.5. The molecule has 5 N–H and O–H groups in total. The number of carbonyl (C=O) groups is 3. The van der Waals surface area contributed by atoms with Crippen molar-refractivity contribution >= 4 is 31.2 Å². The van der Waals surface area contributed by atoms with E-state index < -0.39 is 47.1 Å². The van der Waals surface area contributed by atoms with Crippen molar-refractivity contribution < 1.29 is 29.3 Å². The maximum atomic E-state index is 13.9. The predicted molar refractivity (Wildman–Crippen MR) is 181 cm³/mol. The minimum atomic E-state index is -1.81. The van der Waals surface area contributed by atoms with E-state index in [2.05, 4.69) is 16.1 Å². The molecular weight excluding hydrogens is 595 g/mol. The zero-order valence-corrected chi connectivity index (χ0v) is 27.5. The quantitative estimate of drug-likeness (QED) is 0.143. The largest absolute Gasteiger partial charge is 0.453 e. The number of nitrogens with zero attached hydrogens (tertiary/aromatic N) is 1. The molecule has 3 amide bonds. The number of amides is 3. The number of carbonyl (C=O) groups excluding carboxylic acids is 3. The van der Waals surface area contributed by atoms with Crippen LogP contribution in [0.1, 0.15) is 61.9 Å². The summed E-state index contributed by atoms with van der Waals surface area (Å²) in [4.78, 5) is 39.5. The van der Waals surface area contributed by atoms with Gasteiger partial charge in [-0.15, -0.1) is 0 Å². The highest BCUT2D eigenvalue weighted by Crippen LogP contribution is 2.32. The first kappa shape index (κ1) is 35.7. The van der Waals surface area contributed by atoms with Gasteiger partial charge in [-0.1, -0.05) is 105 Å². The lowest BCUT2D eigenvalue weighted by atomic mass is 9.86. The van der Waals surface area contributed by atoms with Gasteiger partial charge in [-0.2, -0.15) is 0 Å². The molecule has 0 heterocycles. The van der Waals surface area contributed by atoms with Crippen LogP contribution in [0.4, 0.5) is 4.79 Å². The van der Waals surface area contributed by atoms with E-state index in [0.29, 0.717) is 24.8 Å². The molecule has 0 aliphatic heterocycles. The number of fused-ring (bicyclic) bond motifs is 1. The van der Waals surface area contributed by atoms with Gasteiger partial charge in [0.25, 0.3) is 11.8 Å². The number of nitrogens with one attached hydrogen (secondary N) is 3. The Morgan fingerprint density at radius 2 is 1.64 bits per heavy atom. The lowest BCUT2D eigenvalue weighted by Gasteiger charge is -2.33. The Bertz CT molecular complexity index is 1510. The summed E-state index contributed by atoms with van der Waals surface area (Å²) in [6.45, 7) is 6.07. The number of hydrazine groups is 1. The number of hydrogen-bond donors (Lipinski definition) is 5. The minimum absolute atomic E-state index is 0.0591. The van der Waals surface area contributed by atoms with Crippen LogP contribution in [0.15, 0.2) is 78.9 Å². The van der Waals surface area contributed by atoms with Crippen molar-refractivity contribution in [2.24, 2.45) is 5.41 Å². The van der Waals surface area contributed by atoms with Crippen molar-refractivity contribution in [3.63, 3.8) is 0 Å². The van der Waals surface area contributed by atoms with Gasteiger partial charge in [0.05, 0.1) is 19.3 Å². The lowest BCUT2D eigenvalue weighted by molar-refractivity contribution is -0.142. The highest BCUT2D eigenvalue weighted by Gasteiger charge is 2.40. The van der Waals surface area contributed by atoms with E-state index in [1.165, 1.54) is 7.11 Å². The third kappa shape index (κ3) is 9.67. The first-order valence-electron chi connectivity index (χ1n) is 15.9. The van der Waals surface area contributed by atoms with Gasteiger partial charge in [-0.25, -0.2) is 9.80 Å². The van der Waals surface area contributed by atoms with Crippen molar-refractivity contribution in [3.05, 3.63) is 101 Å². The molecule has 3 aromatic carbocycles. The van der Waals surface area contributed by atoms with Crippen molar-refractivity contribution in [1.29, 1.82) is 0 Å². The van der Waals surface area contributed by atoms with E-state index in [1.807, 2.05) is 87.5 Å². The molecule has 1 aliphatic carbocycles. The molecule has 0 saturated heterocycles. The van der Waals surface area contributed by atoms with Crippen LogP contribution in [0.5, 0.6) is 0 Å². The highest BCUT2D eigenvalue weighted by atomic mass is 16.5. The third-order valence-corrected chi connectivity index (χ3v) is 8.47. The smallest absolute Gasteiger partial charge is 0.407 e. The number of methoxy groups -OCH3 is 1. The molecule has 47 heavy (non-hydrogen) atoms. The zero-order chi connectivity index (χ0) is 34.2. The monoisotopic (exact) mass is 640 g/mol. The highest BCUT2D eigenvalue weighted by molar-refractivity contribution is 6.32. The Hall–Kier alpha value is -4.19. The van der Waals surface area contributed by atoms with Gasteiger partial charge in [-0.3, -0.25) is 15.0 Å². The van der Waals surface area contributed by atoms with E-state index in [4.69, 9.17) is 12.6 Å².